The molecule has 0 spiro atoms. The second-order valence-electron chi connectivity index (χ2n) is 4.94. The first kappa shape index (κ1) is 14.5. The molecule has 0 aromatic heterocycles. The molecule has 0 radical (unpaired) electrons. The first-order valence-corrected chi connectivity index (χ1v) is 6.71. The molecule has 5 heteroatoms. The van der Waals surface area contributed by atoms with Crippen LogP contribution in [0.1, 0.15) is 24.0 Å². The third kappa shape index (κ3) is 3.17. The van der Waals surface area contributed by atoms with E-state index in [2.05, 4.69) is 0 Å². The summed E-state index contributed by atoms with van der Waals surface area (Å²) in [7, 11) is 1.58. The quantitative estimate of drug-likeness (QED) is 0.827. The number of amides is 1. The predicted molar refractivity (Wildman–Crippen MR) is 73.2 cm³/mol. The zero-order chi connectivity index (χ0) is 14.5. The van der Waals surface area contributed by atoms with Gasteiger partial charge in [-0.3, -0.25) is 4.79 Å². The van der Waals surface area contributed by atoms with E-state index in [0.717, 1.165) is 11.1 Å². The summed E-state index contributed by atoms with van der Waals surface area (Å²) in [5, 5.41) is 9.34. The molecular formula is C15H19NO4. The van der Waals surface area contributed by atoms with Gasteiger partial charge in [-0.2, -0.15) is 0 Å². The molecule has 0 aliphatic carbocycles. The van der Waals surface area contributed by atoms with Gasteiger partial charge in [-0.15, -0.1) is 0 Å². The molecule has 0 saturated carbocycles. The molecule has 1 heterocycles. The highest BCUT2D eigenvalue weighted by Gasteiger charge is 2.33. The van der Waals surface area contributed by atoms with Crippen molar-refractivity contribution in [3.05, 3.63) is 35.4 Å². The van der Waals surface area contributed by atoms with Gasteiger partial charge in [0.05, 0.1) is 0 Å². The van der Waals surface area contributed by atoms with Crippen LogP contribution in [0.2, 0.25) is 0 Å². The number of rotatable bonds is 5. The highest BCUT2D eigenvalue weighted by Crippen LogP contribution is 2.24. The fourth-order valence-electron chi connectivity index (χ4n) is 2.52. The van der Waals surface area contributed by atoms with Crippen LogP contribution in [0.4, 0.5) is 0 Å². The minimum absolute atomic E-state index is 0.121. The first-order chi connectivity index (χ1) is 9.63. The standard InChI is InChI=1S/C15H19NO4/c1-20-8-4-7-14(17)16-10-12-6-3-2-5-11(12)9-13(16)15(18)19/h2-3,5-6,13H,4,7-10H2,1H3,(H,18,19)/t13-/m0/s1. The van der Waals surface area contributed by atoms with E-state index in [1.165, 1.54) is 4.90 Å². The molecule has 1 atom stereocenters. The second kappa shape index (κ2) is 6.52. The number of hydrogen-bond acceptors (Lipinski definition) is 3. The second-order valence-corrected chi connectivity index (χ2v) is 4.94. The molecule has 0 saturated heterocycles. The van der Waals surface area contributed by atoms with Crippen LogP contribution >= 0.6 is 0 Å². The average Bonchev–Trinajstić information content (AvgIpc) is 2.46. The Kier molecular flexibility index (Phi) is 4.74. The van der Waals surface area contributed by atoms with E-state index >= 15 is 0 Å². The molecule has 108 valence electrons. The number of carboxylic acid groups (broad SMARTS) is 1. The van der Waals surface area contributed by atoms with Crippen molar-refractivity contribution in [2.24, 2.45) is 0 Å². The van der Waals surface area contributed by atoms with Gasteiger partial charge in [0, 0.05) is 33.1 Å². The van der Waals surface area contributed by atoms with Crippen molar-refractivity contribution in [1.29, 1.82) is 0 Å². The van der Waals surface area contributed by atoms with Gasteiger partial charge in [0.2, 0.25) is 5.91 Å². The average molecular weight is 277 g/mol. The third-order valence-corrected chi connectivity index (χ3v) is 3.59. The largest absolute Gasteiger partial charge is 0.480 e. The van der Waals surface area contributed by atoms with Gasteiger partial charge in [-0.25, -0.2) is 4.79 Å². The Morgan fingerprint density at radius 1 is 1.35 bits per heavy atom. The summed E-state index contributed by atoms with van der Waals surface area (Å²) in [5.74, 6) is -1.07. The number of carbonyl (C=O) groups excluding carboxylic acids is 1. The lowest BCUT2D eigenvalue weighted by Crippen LogP contribution is -2.48. The highest BCUT2D eigenvalue weighted by atomic mass is 16.5. The van der Waals surface area contributed by atoms with Gasteiger partial charge in [0.1, 0.15) is 6.04 Å². The van der Waals surface area contributed by atoms with Crippen molar-refractivity contribution in [2.75, 3.05) is 13.7 Å². The first-order valence-electron chi connectivity index (χ1n) is 6.71. The minimum Gasteiger partial charge on any atom is -0.480 e. The molecule has 1 aliphatic rings. The zero-order valence-corrected chi connectivity index (χ0v) is 11.5. The van der Waals surface area contributed by atoms with E-state index in [-0.39, 0.29) is 5.91 Å². The summed E-state index contributed by atoms with van der Waals surface area (Å²) in [6.07, 6.45) is 1.31. The van der Waals surface area contributed by atoms with Gasteiger partial charge >= 0.3 is 5.97 Å². The molecule has 2 rings (SSSR count). The topological polar surface area (TPSA) is 66.8 Å². The Bertz CT molecular complexity index is 500. The molecule has 1 amide bonds. The number of nitrogens with zero attached hydrogens (tertiary/aromatic N) is 1. The number of aliphatic carboxylic acids is 1. The molecule has 0 fully saturated rings. The van der Waals surface area contributed by atoms with E-state index in [1.54, 1.807) is 7.11 Å². The number of fused-ring (bicyclic) bond motifs is 1. The number of hydrogen-bond donors (Lipinski definition) is 1. The van der Waals surface area contributed by atoms with Crippen molar-refractivity contribution in [3.8, 4) is 0 Å². The van der Waals surface area contributed by atoms with Gasteiger partial charge < -0.3 is 14.7 Å². The summed E-state index contributed by atoms with van der Waals surface area (Å²) in [6.45, 7) is 0.882. The smallest absolute Gasteiger partial charge is 0.326 e. The molecular weight excluding hydrogens is 258 g/mol. The van der Waals surface area contributed by atoms with Crippen LogP contribution in [0.3, 0.4) is 0 Å². The number of benzene rings is 1. The van der Waals surface area contributed by atoms with Crippen LogP contribution in [0.5, 0.6) is 0 Å². The zero-order valence-electron chi connectivity index (χ0n) is 11.5. The number of methoxy groups -OCH3 is 1. The van der Waals surface area contributed by atoms with E-state index in [0.29, 0.717) is 32.4 Å². The third-order valence-electron chi connectivity index (χ3n) is 3.59. The molecule has 1 aromatic carbocycles. The van der Waals surface area contributed by atoms with E-state index in [4.69, 9.17) is 4.74 Å². The summed E-state index contributed by atoms with van der Waals surface area (Å²) in [5.41, 5.74) is 2.05. The molecule has 1 N–H and O–H groups in total. The molecule has 5 nitrogen and oxygen atoms in total. The van der Waals surface area contributed by atoms with E-state index in [1.807, 2.05) is 24.3 Å². The molecule has 1 aromatic rings. The van der Waals surface area contributed by atoms with Crippen LogP contribution < -0.4 is 0 Å². The van der Waals surface area contributed by atoms with Gasteiger partial charge in [0.15, 0.2) is 0 Å². The molecule has 0 bridgehead atoms. The Balaban J connectivity index is 2.13. The normalized spacial score (nSPS) is 17.6. The maximum absolute atomic E-state index is 12.2. The van der Waals surface area contributed by atoms with Crippen molar-refractivity contribution < 1.29 is 19.4 Å². The van der Waals surface area contributed by atoms with Gasteiger partial charge in [-0.1, -0.05) is 24.3 Å². The van der Waals surface area contributed by atoms with Crippen LogP contribution in [-0.4, -0.2) is 41.6 Å². The van der Waals surface area contributed by atoms with Crippen molar-refractivity contribution in [1.82, 2.24) is 4.90 Å². The summed E-state index contributed by atoms with van der Waals surface area (Å²) < 4.78 is 4.92. The minimum atomic E-state index is -0.945. The maximum Gasteiger partial charge on any atom is 0.326 e. The van der Waals surface area contributed by atoms with Crippen molar-refractivity contribution >= 4 is 11.9 Å². The monoisotopic (exact) mass is 277 g/mol. The van der Waals surface area contributed by atoms with E-state index in [9.17, 15) is 14.7 Å². The lowest BCUT2D eigenvalue weighted by molar-refractivity contribution is -0.151. The van der Waals surface area contributed by atoms with Crippen LogP contribution in [0, 0.1) is 0 Å². The van der Waals surface area contributed by atoms with Crippen LogP contribution in [0.25, 0.3) is 0 Å². The Morgan fingerprint density at radius 2 is 2.05 bits per heavy atom. The highest BCUT2D eigenvalue weighted by molar-refractivity contribution is 5.84. The number of carbonyl (C=O) groups is 2. The fraction of sp³-hybridized carbons (Fsp3) is 0.467. The van der Waals surface area contributed by atoms with E-state index < -0.39 is 12.0 Å². The fourth-order valence-corrected chi connectivity index (χ4v) is 2.52. The lowest BCUT2D eigenvalue weighted by atomic mass is 9.93. The molecule has 0 unspecified atom stereocenters. The maximum atomic E-state index is 12.2. The predicted octanol–water partition coefficient (Wildman–Crippen LogP) is 1.45. The Labute approximate surface area is 118 Å². The van der Waals surface area contributed by atoms with Crippen LogP contribution in [0.15, 0.2) is 24.3 Å². The molecule has 1 aliphatic heterocycles. The molecule has 20 heavy (non-hydrogen) atoms. The van der Waals surface area contributed by atoms with Crippen molar-refractivity contribution in [3.63, 3.8) is 0 Å². The van der Waals surface area contributed by atoms with Gasteiger partial charge in [0.25, 0.3) is 0 Å². The lowest BCUT2D eigenvalue weighted by Gasteiger charge is -2.34. The summed E-state index contributed by atoms with van der Waals surface area (Å²) in [6, 6.07) is 6.92. The number of carboxylic acids is 1. The number of ether oxygens (including phenoxy) is 1. The Hall–Kier alpha value is -1.88. The summed E-state index contributed by atoms with van der Waals surface area (Å²) >= 11 is 0. The SMILES string of the molecule is COCCCC(=O)N1Cc2ccccc2C[C@H]1C(=O)O. The van der Waals surface area contributed by atoms with Crippen LogP contribution in [-0.2, 0) is 27.3 Å². The Morgan fingerprint density at radius 3 is 2.70 bits per heavy atom. The van der Waals surface area contributed by atoms with Crippen molar-refractivity contribution in [2.45, 2.75) is 31.8 Å². The summed E-state index contributed by atoms with van der Waals surface area (Å²) in [4.78, 5) is 25.1. The van der Waals surface area contributed by atoms with Gasteiger partial charge in [-0.05, 0) is 17.5 Å².